The molecule has 140 valence electrons. The van der Waals surface area contributed by atoms with Crippen molar-refractivity contribution in [1.29, 1.82) is 0 Å². The Labute approximate surface area is 151 Å². The number of nitrogens with zero attached hydrogens (tertiary/aromatic N) is 2. The molecule has 4 aliphatic rings. The van der Waals surface area contributed by atoms with Crippen LogP contribution in [0.5, 0.6) is 0 Å². The number of rotatable bonds is 4. The van der Waals surface area contributed by atoms with Gasteiger partial charge in [-0.25, -0.2) is 0 Å². The largest absolute Gasteiger partial charge is 0.352 e. The monoisotopic (exact) mass is 347 g/mol. The van der Waals surface area contributed by atoms with Gasteiger partial charge < -0.3 is 10.2 Å². The van der Waals surface area contributed by atoms with Crippen molar-refractivity contribution in [2.24, 2.45) is 23.7 Å². The maximum Gasteiger partial charge on any atom is 0.234 e. The van der Waals surface area contributed by atoms with Crippen LogP contribution in [0.2, 0.25) is 0 Å². The second-order valence-electron chi connectivity index (χ2n) is 8.92. The molecule has 4 rings (SSSR count). The number of fused-ring (bicyclic) bond motifs is 1. The van der Waals surface area contributed by atoms with Gasteiger partial charge in [-0.2, -0.15) is 0 Å². The minimum atomic E-state index is 0.163. The minimum Gasteiger partial charge on any atom is -0.352 e. The van der Waals surface area contributed by atoms with E-state index in [-0.39, 0.29) is 5.91 Å². The highest BCUT2D eigenvalue weighted by molar-refractivity contribution is 5.83. The van der Waals surface area contributed by atoms with Crippen molar-refractivity contribution < 1.29 is 9.59 Å². The highest BCUT2D eigenvalue weighted by Gasteiger charge is 2.57. The van der Waals surface area contributed by atoms with Gasteiger partial charge in [-0.1, -0.05) is 26.2 Å². The van der Waals surface area contributed by atoms with Gasteiger partial charge in [0, 0.05) is 38.1 Å². The third kappa shape index (κ3) is 3.86. The molecular formula is C20H33N3O2. The first-order chi connectivity index (χ1) is 12.1. The van der Waals surface area contributed by atoms with Gasteiger partial charge in [0.25, 0.3) is 0 Å². The maximum absolute atomic E-state index is 12.6. The Balaban J connectivity index is 1.17. The predicted octanol–water partition coefficient (Wildman–Crippen LogP) is 1.87. The molecule has 0 aromatic rings. The summed E-state index contributed by atoms with van der Waals surface area (Å²) in [7, 11) is 0. The van der Waals surface area contributed by atoms with Crippen LogP contribution >= 0.6 is 0 Å². The van der Waals surface area contributed by atoms with E-state index in [1.165, 1.54) is 32.1 Å². The highest BCUT2D eigenvalue weighted by atomic mass is 16.2. The molecule has 3 saturated carbocycles. The zero-order valence-corrected chi connectivity index (χ0v) is 15.6. The van der Waals surface area contributed by atoms with Crippen molar-refractivity contribution in [2.75, 3.05) is 32.7 Å². The Hall–Kier alpha value is -1.10. The third-order valence-electron chi connectivity index (χ3n) is 7.04. The number of piperazine rings is 1. The fraction of sp³-hybridized carbons (Fsp3) is 0.900. The lowest BCUT2D eigenvalue weighted by Crippen LogP contribution is -2.52. The van der Waals surface area contributed by atoms with Crippen LogP contribution in [0, 0.1) is 23.7 Å². The molecule has 0 bridgehead atoms. The normalized spacial score (nSPS) is 38.3. The van der Waals surface area contributed by atoms with E-state index in [0.717, 1.165) is 44.9 Å². The standard InChI is InChI=1S/C20H33N3O2/c1-14-4-2-5-15(12-14)21-18(24)13-22-8-10-23(11-9-22)20(25)19-16-6-3-7-17(16)19/h14-17,19H,2-13H2,1H3,(H,21,24)/t14-,15+,16-,17-/m0/s1. The maximum atomic E-state index is 12.6. The first-order valence-electron chi connectivity index (χ1n) is 10.4. The second kappa shape index (κ2) is 7.26. The molecule has 2 amide bonds. The molecule has 25 heavy (non-hydrogen) atoms. The molecule has 1 saturated heterocycles. The van der Waals surface area contributed by atoms with Gasteiger partial charge in [0.1, 0.15) is 0 Å². The molecule has 5 nitrogen and oxygen atoms in total. The smallest absolute Gasteiger partial charge is 0.234 e. The summed E-state index contributed by atoms with van der Waals surface area (Å²) in [6, 6.07) is 0.369. The van der Waals surface area contributed by atoms with Gasteiger partial charge in [-0.05, 0) is 43.4 Å². The van der Waals surface area contributed by atoms with Crippen molar-refractivity contribution in [1.82, 2.24) is 15.1 Å². The summed E-state index contributed by atoms with van der Waals surface area (Å²) in [5.74, 6) is 3.04. The summed E-state index contributed by atoms with van der Waals surface area (Å²) >= 11 is 0. The summed E-state index contributed by atoms with van der Waals surface area (Å²) in [6.07, 6.45) is 8.63. The van der Waals surface area contributed by atoms with Crippen LogP contribution in [-0.4, -0.2) is 60.4 Å². The zero-order valence-electron chi connectivity index (χ0n) is 15.6. The number of carbonyl (C=O) groups is 2. The van der Waals surface area contributed by atoms with Crippen LogP contribution in [-0.2, 0) is 9.59 Å². The lowest BCUT2D eigenvalue weighted by atomic mass is 9.87. The van der Waals surface area contributed by atoms with Crippen LogP contribution in [0.1, 0.15) is 51.9 Å². The molecule has 0 unspecified atom stereocenters. The number of hydrogen-bond donors (Lipinski definition) is 1. The molecule has 5 heteroatoms. The molecule has 0 radical (unpaired) electrons. The summed E-state index contributed by atoms with van der Waals surface area (Å²) in [5, 5.41) is 3.22. The van der Waals surface area contributed by atoms with Crippen molar-refractivity contribution in [2.45, 2.75) is 57.9 Å². The summed E-state index contributed by atoms with van der Waals surface area (Å²) in [6.45, 7) is 6.03. The Morgan fingerprint density at radius 3 is 2.32 bits per heavy atom. The first kappa shape index (κ1) is 17.3. The van der Waals surface area contributed by atoms with Crippen LogP contribution in [0.4, 0.5) is 0 Å². The second-order valence-corrected chi connectivity index (χ2v) is 8.92. The van der Waals surface area contributed by atoms with Crippen molar-refractivity contribution in [3.63, 3.8) is 0 Å². The van der Waals surface area contributed by atoms with Crippen molar-refractivity contribution >= 4 is 11.8 Å². The summed E-state index contributed by atoms with van der Waals surface area (Å²) in [5.41, 5.74) is 0. The average molecular weight is 348 g/mol. The fourth-order valence-electron chi connectivity index (χ4n) is 5.57. The van der Waals surface area contributed by atoms with E-state index >= 15 is 0 Å². The zero-order chi connectivity index (χ0) is 17.4. The molecule has 1 heterocycles. The van der Waals surface area contributed by atoms with E-state index in [0.29, 0.717) is 36.2 Å². The summed E-state index contributed by atoms with van der Waals surface area (Å²) in [4.78, 5) is 29.2. The molecule has 1 aliphatic heterocycles. The quantitative estimate of drug-likeness (QED) is 0.845. The minimum absolute atomic E-state index is 0.163. The van der Waals surface area contributed by atoms with E-state index in [4.69, 9.17) is 0 Å². The number of hydrogen-bond acceptors (Lipinski definition) is 3. The molecular weight excluding hydrogens is 314 g/mol. The molecule has 4 fully saturated rings. The Morgan fingerprint density at radius 1 is 0.960 bits per heavy atom. The van der Waals surface area contributed by atoms with E-state index in [2.05, 4.69) is 22.0 Å². The van der Waals surface area contributed by atoms with Crippen LogP contribution in [0.3, 0.4) is 0 Å². The molecule has 0 spiro atoms. The molecule has 0 aromatic heterocycles. The van der Waals surface area contributed by atoms with Gasteiger partial charge in [0.05, 0.1) is 6.54 Å². The van der Waals surface area contributed by atoms with E-state index in [1.54, 1.807) is 0 Å². The molecule has 1 N–H and O–H groups in total. The van der Waals surface area contributed by atoms with Crippen molar-refractivity contribution in [3.8, 4) is 0 Å². The first-order valence-corrected chi connectivity index (χ1v) is 10.4. The number of carbonyl (C=O) groups excluding carboxylic acids is 2. The number of nitrogens with one attached hydrogen (secondary N) is 1. The van der Waals surface area contributed by atoms with Gasteiger partial charge in [-0.15, -0.1) is 0 Å². The molecule has 4 atom stereocenters. The van der Waals surface area contributed by atoms with Gasteiger partial charge >= 0.3 is 0 Å². The lowest BCUT2D eigenvalue weighted by Gasteiger charge is -2.35. The predicted molar refractivity (Wildman–Crippen MR) is 96.9 cm³/mol. The highest BCUT2D eigenvalue weighted by Crippen LogP contribution is 2.58. The van der Waals surface area contributed by atoms with Crippen LogP contribution < -0.4 is 5.32 Å². The SMILES string of the molecule is C[C@H]1CCC[C@@H](NC(=O)CN2CCN(C(=O)C3[C@H]4CCC[C@H]34)CC2)C1. The van der Waals surface area contributed by atoms with Gasteiger partial charge in [-0.3, -0.25) is 14.5 Å². The summed E-state index contributed by atoms with van der Waals surface area (Å²) < 4.78 is 0. The molecule has 0 aromatic carbocycles. The third-order valence-corrected chi connectivity index (χ3v) is 7.04. The Bertz CT molecular complexity index is 505. The fourth-order valence-corrected chi connectivity index (χ4v) is 5.57. The van der Waals surface area contributed by atoms with Crippen LogP contribution in [0.15, 0.2) is 0 Å². The topological polar surface area (TPSA) is 52.7 Å². The Morgan fingerprint density at radius 2 is 1.64 bits per heavy atom. The van der Waals surface area contributed by atoms with E-state index in [9.17, 15) is 9.59 Å². The van der Waals surface area contributed by atoms with E-state index < -0.39 is 0 Å². The average Bonchev–Trinajstić information content (AvgIpc) is 3.06. The van der Waals surface area contributed by atoms with Gasteiger partial charge in [0.15, 0.2) is 0 Å². The van der Waals surface area contributed by atoms with E-state index in [1.807, 2.05) is 0 Å². The molecule has 3 aliphatic carbocycles. The Kier molecular flexibility index (Phi) is 5.03. The number of amides is 2. The lowest BCUT2D eigenvalue weighted by molar-refractivity contribution is -0.135. The van der Waals surface area contributed by atoms with Crippen LogP contribution in [0.25, 0.3) is 0 Å². The van der Waals surface area contributed by atoms with Gasteiger partial charge in [0.2, 0.25) is 11.8 Å². The van der Waals surface area contributed by atoms with Crippen molar-refractivity contribution in [3.05, 3.63) is 0 Å².